The van der Waals surface area contributed by atoms with Crippen LogP contribution < -0.4 is 4.74 Å². The van der Waals surface area contributed by atoms with Crippen molar-refractivity contribution in [1.29, 1.82) is 0 Å². The van der Waals surface area contributed by atoms with Gasteiger partial charge in [0.2, 0.25) is 0 Å². The van der Waals surface area contributed by atoms with Gasteiger partial charge >= 0.3 is 6.61 Å². The molecule has 1 aliphatic rings. The number of aryl methyl sites for hydroxylation is 1. The predicted molar refractivity (Wildman–Crippen MR) is 127 cm³/mol. The minimum Gasteiger partial charge on any atom is -0.435 e. The van der Waals surface area contributed by atoms with Crippen LogP contribution in [0.25, 0.3) is 11.0 Å². The Morgan fingerprint density at radius 2 is 1.94 bits per heavy atom. The average molecular weight is 471 g/mol. The number of aromatic nitrogens is 2. The molecule has 1 heterocycles. The lowest BCUT2D eigenvalue weighted by Gasteiger charge is -2.41. The van der Waals surface area contributed by atoms with Gasteiger partial charge in [0.25, 0.3) is 0 Å². The molecule has 0 aliphatic heterocycles. The van der Waals surface area contributed by atoms with E-state index >= 15 is 0 Å². The maximum atomic E-state index is 12.7. The van der Waals surface area contributed by atoms with E-state index in [2.05, 4.69) is 16.2 Å². The molecule has 182 valence electrons. The number of ketones is 1. The van der Waals surface area contributed by atoms with Crippen molar-refractivity contribution < 1.29 is 23.4 Å². The third-order valence-electron chi connectivity index (χ3n) is 6.93. The number of Topliss-reactive ketones (excluding diaryl/α,β-unsaturated/α-hetero) is 1. The van der Waals surface area contributed by atoms with Crippen LogP contribution in [-0.4, -0.2) is 27.1 Å². The van der Waals surface area contributed by atoms with Gasteiger partial charge in [0.15, 0.2) is 0 Å². The number of carbonyl (C=O) groups is 1. The van der Waals surface area contributed by atoms with E-state index in [0.717, 1.165) is 48.1 Å². The number of benzene rings is 2. The molecule has 1 atom stereocenters. The molecule has 3 aromatic rings. The van der Waals surface area contributed by atoms with Crippen LogP contribution in [-0.2, 0) is 22.4 Å². The van der Waals surface area contributed by atoms with Crippen molar-refractivity contribution in [3.05, 3.63) is 59.9 Å². The van der Waals surface area contributed by atoms with Crippen LogP contribution in [0.1, 0.15) is 70.2 Å². The maximum absolute atomic E-state index is 12.7. The van der Waals surface area contributed by atoms with E-state index in [1.807, 2.05) is 30.3 Å². The van der Waals surface area contributed by atoms with Crippen LogP contribution >= 0.6 is 0 Å². The van der Waals surface area contributed by atoms with Crippen LogP contribution in [0, 0.1) is 0 Å². The van der Waals surface area contributed by atoms with Crippen LogP contribution in [0.5, 0.6) is 5.75 Å². The van der Waals surface area contributed by atoms with E-state index in [1.165, 1.54) is 6.07 Å². The fourth-order valence-electron chi connectivity index (χ4n) is 4.94. The minimum absolute atomic E-state index is 0.0297. The van der Waals surface area contributed by atoms with Gasteiger partial charge in [-0.2, -0.15) is 8.78 Å². The average Bonchev–Trinajstić information content (AvgIpc) is 3.13. The lowest BCUT2D eigenvalue weighted by molar-refractivity contribution is -0.123. The number of alkyl halides is 2. The number of carbonyl (C=O) groups excluding carboxylic acids is 1. The lowest BCUT2D eigenvalue weighted by Crippen LogP contribution is -2.38. The molecular formula is C27H32F2N2O3. The second-order valence-electron chi connectivity index (χ2n) is 9.81. The zero-order valence-corrected chi connectivity index (χ0v) is 19.8. The number of imidazole rings is 1. The van der Waals surface area contributed by atoms with Crippen LogP contribution in [0.2, 0.25) is 0 Å². The highest BCUT2D eigenvalue weighted by atomic mass is 19.3. The van der Waals surface area contributed by atoms with Gasteiger partial charge in [0, 0.05) is 30.9 Å². The Balaban J connectivity index is 1.41. The van der Waals surface area contributed by atoms with Crippen molar-refractivity contribution in [3.8, 4) is 5.75 Å². The highest BCUT2D eigenvalue weighted by molar-refractivity contribution is 5.80. The number of aliphatic hydroxyl groups is 1. The number of halogens is 2. The molecule has 7 heteroatoms. The molecule has 1 aromatic heterocycles. The first-order chi connectivity index (χ1) is 16.2. The number of nitrogens with zero attached hydrogens (tertiary/aromatic N) is 2. The Kier molecular flexibility index (Phi) is 7.03. The fourth-order valence-corrected chi connectivity index (χ4v) is 4.94. The Morgan fingerprint density at radius 1 is 1.21 bits per heavy atom. The molecule has 5 nitrogen and oxygen atoms in total. The summed E-state index contributed by atoms with van der Waals surface area (Å²) in [4.78, 5) is 17.3. The van der Waals surface area contributed by atoms with Gasteiger partial charge in [-0.15, -0.1) is 0 Å². The Hall–Kier alpha value is -2.80. The summed E-state index contributed by atoms with van der Waals surface area (Å²) in [5.74, 6) is 1.08. The number of ether oxygens (including phenoxy) is 1. The van der Waals surface area contributed by atoms with E-state index in [1.54, 1.807) is 19.1 Å². The molecule has 1 aliphatic carbocycles. The van der Waals surface area contributed by atoms with Crippen LogP contribution in [0.3, 0.4) is 0 Å². The summed E-state index contributed by atoms with van der Waals surface area (Å²) in [6.45, 7) is 0.984. The molecule has 4 rings (SSSR count). The van der Waals surface area contributed by atoms with Crippen molar-refractivity contribution in [3.63, 3.8) is 0 Å². The summed E-state index contributed by atoms with van der Waals surface area (Å²) >= 11 is 0. The lowest BCUT2D eigenvalue weighted by atomic mass is 9.78. The van der Waals surface area contributed by atoms with Gasteiger partial charge in [-0.05, 0) is 63.6 Å². The molecule has 0 spiro atoms. The third kappa shape index (κ3) is 5.30. The topological polar surface area (TPSA) is 64.3 Å². The first-order valence-electron chi connectivity index (χ1n) is 11.9. The fraction of sp³-hybridized carbons (Fsp3) is 0.481. The largest absolute Gasteiger partial charge is 0.435 e. The number of fused-ring (bicyclic) bond motifs is 1. The van der Waals surface area contributed by atoms with Crippen molar-refractivity contribution in [1.82, 2.24) is 9.55 Å². The highest BCUT2D eigenvalue weighted by Crippen LogP contribution is 2.42. The number of hydrogen-bond donors (Lipinski definition) is 1. The number of hydrogen-bond acceptors (Lipinski definition) is 4. The van der Waals surface area contributed by atoms with Crippen molar-refractivity contribution in [2.75, 3.05) is 0 Å². The van der Waals surface area contributed by atoms with E-state index in [4.69, 9.17) is 4.98 Å². The van der Waals surface area contributed by atoms with E-state index in [9.17, 15) is 18.7 Å². The summed E-state index contributed by atoms with van der Waals surface area (Å²) in [5, 5.41) is 10.7. The standard InChI is InChI=1S/C27H32F2N2O3/c1-26(15-8-16-26)31-23-17-21(34-25(28)29)13-14-22(23)30-24(31)12-7-6-11-20(32)18-27(2,33)19-9-4-3-5-10-19/h3-5,9-10,13-14,17,25,33H,6-8,11-12,15-16,18H2,1-2H3. The van der Waals surface area contributed by atoms with Crippen molar-refractivity contribution in [2.45, 2.75) is 83.0 Å². The van der Waals surface area contributed by atoms with Gasteiger partial charge < -0.3 is 14.4 Å². The third-order valence-corrected chi connectivity index (χ3v) is 6.93. The smallest absolute Gasteiger partial charge is 0.387 e. The van der Waals surface area contributed by atoms with E-state index < -0.39 is 12.2 Å². The van der Waals surface area contributed by atoms with Crippen LogP contribution in [0.4, 0.5) is 8.78 Å². The summed E-state index contributed by atoms with van der Waals surface area (Å²) in [6.07, 6.45) is 5.79. The SMILES string of the molecule is CC(O)(CC(=O)CCCCc1nc2ccc(OC(F)F)cc2n1C1(C)CCC1)c1ccccc1. The van der Waals surface area contributed by atoms with E-state index in [0.29, 0.717) is 19.3 Å². The highest BCUT2D eigenvalue weighted by Gasteiger charge is 2.36. The zero-order chi connectivity index (χ0) is 24.3. The number of rotatable bonds is 11. The Labute approximate surface area is 198 Å². The quantitative estimate of drug-likeness (QED) is 0.343. The number of unbranched alkanes of at least 4 members (excludes halogenated alkanes) is 1. The molecule has 2 aromatic carbocycles. The molecule has 0 amide bonds. The molecule has 1 N–H and O–H groups in total. The van der Waals surface area contributed by atoms with E-state index in [-0.39, 0.29) is 23.5 Å². The zero-order valence-electron chi connectivity index (χ0n) is 19.8. The van der Waals surface area contributed by atoms with Gasteiger partial charge in [-0.1, -0.05) is 30.3 Å². The molecule has 1 fully saturated rings. The van der Waals surface area contributed by atoms with Gasteiger partial charge in [0.1, 0.15) is 17.4 Å². The van der Waals surface area contributed by atoms with Gasteiger partial charge in [-0.25, -0.2) is 4.98 Å². The van der Waals surface area contributed by atoms with Gasteiger partial charge in [-0.3, -0.25) is 4.79 Å². The molecule has 0 radical (unpaired) electrons. The minimum atomic E-state index is -2.87. The normalized spacial score (nSPS) is 16.9. The molecule has 1 saturated carbocycles. The summed E-state index contributed by atoms with van der Waals surface area (Å²) in [6, 6.07) is 14.1. The molecule has 1 unspecified atom stereocenters. The Morgan fingerprint density at radius 3 is 2.59 bits per heavy atom. The second kappa shape index (κ2) is 9.82. The van der Waals surface area contributed by atoms with Crippen molar-refractivity contribution >= 4 is 16.8 Å². The maximum Gasteiger partial charge on any atom is 0.387 e. The molecular weight excluding hydrogens is 438 g/mol. The first kappa shape index (κ1) is 24.3. The first-order valence-corrected chi connectivity index (χ1v) is 11.9. The summed E-state index contributed by atoms with van der Waals surface area (Å²) < 4.78 is 32.2. The second-order valence-corrected chi connectivity index (χ2v) is 9.81. The Bertz CT molecular complexity index is 1140. The molecule has 34 heavy (non-hydrogen) atoms. The molecule has 0 saturated heterocycles. The predicted octanol–water partition coefficient (Wildman–Crippen LogP) is 6.12. The van der Waals surface area contributed by atoms with Crippen LogP contribution in [0.15, 0.2) is 48.5 Å². The summed E-state index contributed by atoms with van der Waals surface area (Å²) in [7, 11) is 0. The summed E-state index contributed by atoms with van der Waals surface area (Å²) in [5.41, 5.74) is 1.05. The van der Waals surface area contributed by atoms with Crippen molar-refractivity contribution in [2.24, 2.45) is 0 Å². The molecule has 0 bridgehead atoms. The monoisotopic (exact) mass is 470 g/mol. The van der Waals surface area contributed by atoms with Gasteiger partial charge in [0.05, 0.1) is 16.6 Å².